The molecule has 0 unspecified atom stereocenters. The average molecular weight is 287 g/mol. The second kappa shape index (κ2) is 6.12. The summed E-state index contributed by atoms with van der Waals surface area (Å²) >= 11 is 0. The first-order chi connectivity index (χ1) is 9.95. The van der Waals surface area contributed by atoms with Crippen LogP contribution in [0.4, 0.5) is 5.69 Å². The molecular weight excluding hydrogens is 266 g/mol. The van der Waals surface area contributed by atoms with Crippen molar-refractivity contribution >= 4 is 17.4 Å². The van der Waals surface area contributed by atoms with Crippen molar-refractivity contribution in [3.8, 4) is 0 Å². The highest BCUT2D eigenvalue weighted by Gasteiger charge is 2.36. The summed E-state index contributed by atoms with van der Waals surface area (Å²) in [7, 11) is 0. The highest BCUT2D eigenvalue weighted by Crippen LogP contribution is 2.36. The highest BCUT2D eigenvalue weighted by molar-refractivity contribution is 6.40. The van der Waals surface area contributed by atoms with Crippen molar-refractivity contribution in [2.75, 3.05) is 18.1 Å². The number of hydrogen-bond donors (Lipinski definition) is 0. The van der Waals surface area contributed by atoms with Crippen molar-refractivity contribution in [3.63, 3.8) is 0 Å². The first kappa shape index (κ1) is 15.3. The van der Waals surface area contributed by atoms with Crippen LogP contribution in [0.25, 0.3) is 0 Å². The van der Waals surface area contributed by atoms with Gasteiger partial charge in [-0.1, -0.05) is 32.0 Å². The minimum Gasteiger partial charge on any atom is -0.460 e. The third-order valence-corrected chi connectivity index (χ3v) is 3.79. The molecule has 0 saturated heterocycles. The maximum Gasteiger partial charge on any atom is 0.379 e. The summed E-state index contributed by atoms with van der Waals surface area (Å²) < 4.78 is 4.84. The normalized spacial score (nSPS) is 17.1. The molecule has 1 aliphatic rings. The van der Waals surface area contributed by atoms with Crippen LogP contribution >= 0.6 is 0 Å². The zero-order valence-electron chi connectivity index (χ0n) is 12.8. The standard InChI is InChI=1S/C17H21NO3/c1-4-21-16(20)15(19)14-12-18(11-10-17(14,2)3)13-8-6-5-7-9-13/h5-9,12H,4,10-11H2,1-3H3. The summed E-state index contributed by atoms with van der Waals surface area (Å²) in [5, 5.41) is 0. The summed E-state index contributed by atoms with van der Waals surface area (Å²) in [4.78, 5) is 26.1. The van der Waals surface area contributed by atoms with Crippen LogP contribution in [0, 0.1) is 5.41 Å². The zero-order chi connectivity index (χ0) is 15.5. The van der Waals surface area contributed by atoms with Crippen LogP contribution < -0.4 is 4.90 Å². The Hall–Kier alpha value is -2.10. The molecule has 0 aromatic heterocycles. The average Bonchev–Trinajstić information content (AvgIpc) is 2.47. The van der Waals surface area contributed by atoms with E-state index in [4.69, 9.17) is 4.74 Å². The molecule has 0 amide bonds. The maximum atomic E-state index is 12.3. The second-order valence-electron chi connectivity index (χ2n) is 5.76. The number of anilines is 1. The van der Waals surface area contributed by atoms with Gasteiger partial charge in [-0.25, -0.2) is 4.79 Å². The molecule has 0 aliphatic carbocycles. The van der Waals surface area contributed by atoms with Gasteiger partial charge in [-0.15, -0.1) is 0 Å². The number of ether oxygens (including phenoxy) is 1. The van der Waals surface area contributed by atoms with E-state index in [2.05, 4.69) is 0 Å². The van der Waals surface area contributed by atoms with E-state index in [1.807, 2.05) is 49.1 Å². The molecule has 0 N–H and O–H groups in total. The van der Waals surface area contributed by atoms with Crippen molar-refractivity contribution in [2.24, 2.45) is 5.41 Å². The van der Waals surface area contributed by atoms with Crippen molar-refractivity contribution in [1.82, 2.24) is 0 Å². The summed E-state index contributed by atoms with van der Waals surface area (Å²) in [5.74, 6) is -1.31. The number of benzene rings is 1. The molecule has 4 nitrogen and oxygen atoms in total. The van der Waals surface area contributed by atoms with E-state index < -0.39 is 11.8 Å². The second-order valence-corrected chi connectivity index (χ2v) is 5.76. The Kier molecular flexibility index (Phi) is 4.46. The predicted molar refractivity (Wildman–Crippen MR) is 81.9 cm³/mol. The molecule has 4 heteroatoms. The zero-order valence-corrected chi connectivity index (χ0v) is 12.8. The molecule has 1 heterocycles. The van der Waals surface area contributed by atoms with Crippen LogP contribution in [-0.4, -0.2) is 24.9 Å². The molecule has 112 valence electrons. The number of rotatable bonds is 4. The van der Waals surface area contributed by atoms with Gasteiger partial charge in [0.2, 0.25) is 0 Å². The SMILES string of the molecule is CCOC(=O)C(=O)C1=CN(c2ccccc2)CCC1(C)C. The highest BCUT2D eigenvalue weighted by atomic mass is 16.5. The monoisotopic (exact) mass is 287 g/mol. The number of carbonyl (C=O) groups excluding carboxylic acids is 2. The Labute approximate surface area is 125 Å². The Morgan fingerprint density at radius 3 is 2.52 bits per heavy atom. The van der Waals surface area contributed by atoms with Gasteiger partial charge in [0.15, 0.2) is 0 Å². The van der Waals surface area contributed by atoms with Crippen LogP contribution in [-0.2, 0) is 14.3 Å². The quantitative estimate of drug-likeness (QED) is 0.631. The topological polar surface area (TPSA) is 46.6 Å². The molecule has 0 spiro atoms. The third kappa shape index (κ3) is 3.32. The van der Waals surface area contributed by atoms with Gasteiger partial charge in [0.05, 0.1) is 6.61 Å². The molecule has 0 fully saturated rings. The molecular formula is C17H21NO3. The van der Waals surface area contributed by atoms with Gasteiger partial charge < -0.3 is 9.64 Å². The van der Waals surface area contributed by atoms with E-state index in [0.717, 1.165) is 18.7 Å². The molecule has 1 aliphatic heterocycles. The lowest BCUT2D eigenvalue weighted by Gasteiger charge is -2.36. The van der Waals surface area contributed by atoms with Gasteiger partial charge in [-0.2, -0.15) is 0 Å². The lowest BCUT2D eigenvalue weighted by atomic mass is 9.77. The minimum atomic E-state index is -0.772. The van der Waals surface area contributed by atoms with Crippen molar-refractivity contribution in [1.29, 1.82) is 0 Å². The van der Waals surface area contributed by atoms with Crippen LogP contribution in [0.5, 0.6) is 0 Å². The molecule has 1 aromatic carbocycles. The minimum absolute atomic E-state index is 0.209. The van der Waals surface area contributed by atoms with Gasteiger partial charge in [-0.3, -0.25) is 4.79 Å². The van der Waals surface area contributed by atoms with E-state index in [0.29, 0.717) is 5.57 Å². The number of esters is 1. The first-order valence-electron chi connectivity index (χ1n) is 7.21. The first-order valence-corrected chi connectivity index (χ1v) is 7.21. The van der Waals surface area contributed by atoms with Crippen LogP contribution in [0.1, 0.15) is 27.2 Å². The van der Waals surface area contributed by atoms with E-state index in [9.17, 15) is 9.59 Å². The fraction of sp³-hybridized carbons (Fsp3) is 0.412. The fourth-order valence-electron chi connectivity index (χ4n) is 2.43. The molecule has 0 radical (unpaired) electrons. The molecule has 21 heavy (non-hydrogen) atoms. The van der Waals surface area contributed by atoms with Gasteiger partial charge >= 0.3 is 5.97 Å². The van der Waals surface area contributed by atoms with Crippen LogP contribution in [0.3, 0.4) is 0 Å². The molecule has 1 aromatic rings. The summed E-state index contributed by atoms with van der Waals surface area (Å²) in [5.41, 5.74) is 1.20. The molecule has 2 rings (SSSR count). The van der Waals surface area contributed by atoms with E-state index in [1.54, 1.807) is 13.1 Å². The lowest BCUT2D eigenvalue weighted by Crippen LogP contribution is -2.37. The van der Waals surface area contributed by atoms with Gasteiger partial charge in [-0.05, 0) is 30.9 Å². The Bertz CT molecular complexity index is 561. The lowest BCUT2D eigenvalue weighted by molar-refractivity contribution is -0.152. The predicted octanol–water partition coefficient (Wildman–Crippen LogP) is 2.94. The Balaban J connectivity index is 2.32. The number of Topliss-reactive ketones (excluding diaryl/α,β-unsaturated/α-hetero) is 1. The Morgan fingerprint density at radius 1 is 1.24 bits per heavy atom. The summed E-state index contributed by atoms with van der Waals surface area (Å²) in [6.07, 6.45) is 2.59. The van der Waals surface area contributed by atoms with E-state index >= 15 is 0 Å². The Morgan fingerprint density at radius 2 is 1.90 bits per heavy atom. The molecule has 0 atom stereocenters. The van der Waals surface area contributed by atoms with Gasteiger partial charge in [0.1, 0.15) is 0 Å². The van der Waals surface area contributed by atoms with Crippen molar-refractivity contribution in [2.45, 2.75) is 27.2 Å². The van der Waals surface area contributed by atoms with Crippen molar-refractivity contribution < 1.29 is 14.3 Å². The molecule has 0 saturated carbocycles. The fourth-order valence-corrected chi connectivity index (χ4v) is 2.43. The number of hydrogen-bond acceptors (Lipinski definition) is 4. The smallest absolute Gasteiger partial charge is 0.379 e. The van der Waals surface area contributed by atoms with Gasteiger partial charge in [0, 0.05) is 24.0 Å². The third-order valence-electron chi connectivity index (χ3n) is 3.79. The summed E-state index contributed by atoms with van der Waals surface area (Å²) in [6, 6.07) is 9.83. The summed E-state index contributed by atoms with van der Waals surface area (Å²) in [6.45, 7) is 6.69. The van der Waals surface area contributed by atoms with Crippen molar-refractivity contribution in [3.05, 3.63) is 42.1 Å². The van der Waals surface area contributed by atoms with Gasteiger partial charge in [0.25, 0.3) is 5.78 Å². The number of ketones is 1. The van der Waals surface area contributed by atoms with Crippen LogP contribution in [0.2, 0.25) is 0 Å². The largest absolute Gasteiger partial charge is 0.460 e. The molecule has 0 bridgehead atoms. The van der Waals surface area contributed by atoms with E-state index in [-0.39, 0.29) is 12.0 Å². The number of carbonyl (C=O) groups is 2. The van der Waals surface area contributed by atoms with Crippen LogP contribution in [0.15, 0.2) is 42.1 Å². The maximum absolute atomic E-state index is 12.3. The number of para-hydroxylation sites is 1. The van der Waals surface area contributed by atoms with E-state index in [1.165, 1.54) is 0 Å². The number of nitrogens with zero attached hydrogens (tertiary/aromatic N) is 1.